The number of rotatable bonds is 2. The van der Waals surface area contributed by atoms with Crippen LogP contribution in [-0.4, -0.2) is 42.0 Å². The summed E-state index contributed by atoms with van der Waals surface area (Å²) in [5.74, 6) is 1.57. The van der Waals surface area contributed by atoms with Crippen LogP contribution in [0.2, 0.25) is 0 Å². The van der Waals surface area contributed by atoms with Crippen LogP contribution in [0.3, 0.4) is 0 Å². The Balaban J connectivity index is 1.55. The normalized spacial score (nSPS) is 21.5. The molecule has 1 amide bonds. The van der Waals surface area contributed by atoms with Crippen LogP contribution in [0.25, 0.3) is 22.2 Å². The molecule has 0 aliphatic carbocycles. The number of likely N-dealkylation sites (tertiary alicyclic amines) is 1. The first-order valence-corrected chi connectivity index (χ1v) is 11.1. The third-order valence-electron chi connectivity index (χ3n) is 6.91. The van der Waals surface area contributed by atoms with Crippen LogP contribution >= 0.6 is 0 Å². The molecule has 4 heteroatoms. The number of pyridine rings is 1. The van der Waals surface area contributed by atoms with Crippen LogP contribution in [0.4, 0.5) is 0 Å². The monoisotopic (exact) mass is 399 g/mol. The SMILES string of the molecule is Cc1ccc(-c2cc(C(=O)N3CC[C@@H]4CNC[C@@H]4CC3)c3ccccc3n2)c(C)c1. The largest absolute Gasteiger partial charge is 0.339 e. The molecule has 2 aliphatic heterocycles. The van der Waals surface area contributed by atoms with Crippen LogP contribution in [0.5, 0.6) is 0 Å². The first-order chi connectivity index (χ1) is 14.6. The first kappa shape index (κ1) is 19.3. The minimum Gasteiger partial charge on any atom is -0.339 e. The second-order valence-electron chi connectivity index (χ2n) is 8.94. The van der Waals surface area contributed by atoms with Crippen molar-refractivity contribution in [1.29, 1.82) is 0 Å². The molecule has 5 rings (SSSR count). The number of hydrogen-bond acceptors (Lipinski definition) is 3. The Bertz CT molecular complexity index is 1090. The lowest BCUT2D eigenvalue weighted by Gasteiger charge is -2.22. The fraction of sp³-hybridized carbons (Fsp3) is 0.385. The minimum absolute atomic E-state index is 0.146. The maximum absolute atomic E-state index is 13.7. The fourth-order valence-corrected chi connectivity index (χ4v) is 5.18. The van der Waals surface area contributed by atoms with Crippen molar-refractivity contribution in [1.82, 2.24) is 15.2 Å². The van der Waals surface area contributed by atoms with E-state index in [0.29, 0.717) is 11.8 Å². The van der Waals surface area contributed by atoms with Gasteiger partial charge < -0.3 is 10.2 Å². The Kier molecular flexibility index (Phi) is 5.03. The smallest absolute Gasteiger partial charge is 0.254 e. The fourth-order valence-electron chi connectivity index (χ4n) is 5.18. The highest BCUT2D eigenvalue weighted by Gasteiger charge is 2.32. The summed E-state index contributed by atoms with van der Waals surface area (Å²) in [5, 5.41) is 4.46. The number of benzene rings is 2. The van der Waals surface area contributed by atoms with Crippen LogP contribution in [-0.2, 0) is 0 Å². The van der Waals surface area contributed by atoms with Crippen molar-refractivity contribution >= 4 is 16.8 Å². The number of carbonyl (C=O) groups is 1. The molecule has 1 aromatic heterocycles. The zero-order chi connectivity index (χ0) is 20.7. The number of nitrogens with one attached hydrogen (secondary N) is 1. The molecule has 0 unspecified atom stereocenters. The van der Waals surface area contributed by atoms with Crippen molar-refractivity contribution in [3.63, 3.8) is 0 Å². The Morgan fingerprint density at radius 2 is 1.73 bits per heavy atom. The van der Waals surface area contributed by atoms with Gasteiger partial charge in [0.1, 0.15) is 0 Å². The van der Waals surface area contributed by atoms with E-state index >= 15 is 0 Å². The molecule has 3 heterocycles. The maximum atomic E-state index is 13.7. The molecule has 2 aromatic carbocycles. The second kappa shape index (κ2) is 7.84. The zero-order valence-electron chi connectivity index (χ0n) is 17.8. The first-order valence-electron chi connectivity index (χ1n) is 11.1. The Morgan fingerprint density at radius 1 is 1.00 bits per heavy atom. The van der Waals surface area contributed by atoms with Gasteiger partial charge in [-0.05, 0) is 69.3 Å². The maximum Gasteiger partial charge on any atom is 0.254 e. The Hall–Kier alpha value is -2.72. The number of aromatic nitrogens is 1. The molecule has 2 atom stereocenters. The number of para-hydroxylation sites is 1. The lowest BCUT2D eigenvalue weighted by atomic mass is 9.92. The lowest BCUT2D eigenvalue weighted by Crippen LogP contribution is -2.33. The van der Waals surface area contributed by atoms with Crippen molar-refractivity contribution in [2.75, 3.05) is 26.2 Å². The molecule has 30 heavy (non-hydrogen) atoms. The van der Waals surface area contributed by atoms with Gasteiger partial charge in [-0.25, -0.2) is 4.98 Å². The predicted molar refractivity (Wildman–Crippen MR) is 122 cm³/mol. The zero-order valence-corrected chi connectivity index (χ0v) is 17.8. The van der Waals surface area contributed by atoms with Crippen LogP contribution < -0.4 is 5.32 Å². The van der Waals surface area contributed by atoms with Gasteiger partial charge in [-0.1, -0.05) is 42.0 Å². The van der Waals surface area contributed by atoms with Gasteiger partial charge in [-0.15, -0.1) is 0 Å². The van der Waals surface area contributed by atoms with Crippen molar-refractivity contribution in [2.24, 2.45) is 11.8 Å². The average Bonchev–Trinajstić information content (AvgIpc) is 3.10. The Labute approximate surface area is 178 Å². The van der Waals surface area contributed by atoms with E-state index < -0.39 is 0 Å². The van der Waals surface area contributed by atoms with E-state index in [1.165, 1.54) is 11.1 Å². The topological polar surface area (TPSA) is 45.2 Å². The molecule has 4 nitrogen and oxygen atoms in total. The van der Waals surface area contributed by atoms with Gasteiger partial charge in [-0.2, -0.15) is 0 Å². The van der Waals surface area contributed by atoms with Gasteiger partial charge >= 0.3 is 0 Å². The van der Waals surface area contributed by atoms with Crippen LogP contribution in [0.1, 0.15) is 34.3 Å². The summed E-state index contributed by atoms with van der Waals surface area (Å²) < 4.78 is 0. The summed E-state index contributed by atoms with van der Waals surface area (Å²) >= 11 is 0. The molecule has 2 saturated heterocycles. The highest BCUT2D eigenvalue weighted by Crippen LogP contribution is 2.31. The predicted octanol–water partition coefficient (Wildman–Crippen LogP) is 4.59. The molecular weight excluding hydrogens is 370 g/mol. The number of nitrogens with zero attached hydrogens (tertiary/aromatic N) is 2. The van der Waals surface area contributed by atoms with E-state index in [2.05, 4.69) is 42.3 Å². The van der Waals surface area contributed by atoms with E-state index in [1.54, 1.807) is 0 Å². The summed E-state index contributed by atoms with van der Waals surface area (Å²) in [5.41, 5.74) is 6.06. The third kappa shape index (κ3) is 3.50. The second-order valence-corrected chi connectivity index (χ2v) is 8.94. The molecule has 154 valence electrons. The quantitative estimate of drug-likeness (QED) is 0.685. The van der Waals surface area contributed by atoms with Gasteiger partial charge in [0.25, 0.3) is 5.91 Å². The van der Waals surface area contributed by atoms with E-state index in [1.807, 2.05) is 30.3 Å². The molecule has 2 fully saturated rings. The lowest BCUT2D eigenvalue weighted by molar-refractivity contribution is 0.0760. The van der Waals surface area contributed by atoms with Crippen molar-refractivity contribution in [2.45, 2.75) is 26.7 Å². The number of hydrogen-bond donors (Lipinski definition) is 1. The van der Waals surface area contributed by atoms with Crippen LogP contribution in [0, 0.1) is 25.7 Å². The summed E-state index contributed by atoms with van der Waals surface area (Å²) in [6.45, 7) is 8.10. The van der Waals surface area contributed by atoms with Gasteiger partial charge in [0.2, 0.25) is 0 Å². The number of aryl methyl sites for hydroxylation is 2. The highest BCUT2D eigenvalue weighted by molar-refractivity contribution is 6.07. The molecule has 0 bridgehead atoms. The molecule has 3 aromatic rings. The van der Waals surface area contributed by atoms with Gasteiger partial charge in [0.05, 0.1) is 16.8 Å². The Morgan fingerprint density at radius 3 is 2.47 bits per heavy atom. The summed E-state index contributed by atoms with van der Waals surface area (Å²) in [7, 11) is 0. The summed E-state index contributed by atoms with van der Waals surface area (Å²) in [4.78, 5) is 20.7. The molecule has 0 spiro atoms. The van der Waals surface area contributed by atoms with Crippen molar-refractivity contribution in [3.8, 4) is 11.3 Å². The van der Waals surface area contributed by atoms with Gasteiger partial charge in [-0.3, -0.25) is 4.79 Å². The number of amides is 1. The molecular formula is C26H29N3O. The standard InChI is InChI=1S/C26H29N3O/c1-17-7-8-21(18(2)13-17)25-14-23(22-5-3-4-6-24(22)28-25)26(30)29-11-9-19-15-27-16-20(19)10-12-29/h3-8,13-14,19-20,27H,9-12,15-16H2,1-2H3/t19-,20+. The number of carbonyl (C=O) groups excluding carboxylic acids is 1. The van der Waals surface area contributed by atoms with Gasteiger partial charge in [0, 0.05) is 24.0 Å². The van der Waals surface area contributed by atoms with Crippen molar-refractivity contribution < 1.29 is 4.79 Å². The molecule has 2 aliphatic rings. The minimum atomic E-state index is 0.146. The summed E-state index contributed by atoms with van der Waals surface area (Å²) in [6, 6.07) is 16.4. The molecule has 1 N–H and O–H groups in total. The van der Waals surface area contributed by atoms with E-state index in [0.717, 1.165) is 66.7 Å². The van der Waals surface area contributed by atoms with Gasteiger partial charge in [0.15, 0.2) is 0 Å². The van der Waals surface area contributed by atoms with E-state index in [9.17, 15) is 4.79 Å². The third-order valence-corrected chi connectivity index (χ3v) is 6.91. The number of fused-ring (bicyclic) bond motifs is 2. The molecule has 0 saturated carbocycles. The average molecular weight is 400 g/mol. The summed E-state index contributed by atoms with van der Waals surface area (Å²) in [6.07, 6.45) is 2.19. The van der Waals surface area contributed by atoms with Crippen LogP contribution in [0.15, 0.2) is 48.5 Å². The van der Waals surface area contributed by atoms with E-state index in [-0.39, 0.29) is 5.91 Å². The van der Waals surface area contributed by atoms with Crippen molar-refractivity contribution in [3.05, 3.63) is 65.2 Å². The molecule has 0 radical (unpaired) electrons. The highest BCUT2D eigenvalue weighted by atomic mass is 16.2. The van der Waals surface area contributed by atoms with E-state index in [4.69, 9.17) is 4.98 Å².